The first-order valence-corrected chi connectivity index (χ1v) is 10.1. The van der Waals surface area contributed by atoms with E-state index < -0.39 is 31.6 Å². The fourth-order valence-corrected chi connectivity index (χ4v) is 2.71. The van der Waals surface area contributed by atoms with Crippen LogP contribution in [0.2, 0.25) is 0 Å². The predicted molar refractivity (Wildman–Crippen MR) is 90.1 cm³/mol. The minimum atomic E-state index is -3.70. The Hall–Kier alpha value is 2.76. The molecule has 0 saturated carbocycles. The number of hydrogen-bond acceptors (Lipinski definition) is 3. The van der Waals surface area contributed by atoms with E-state index in [-0.39, 0.29) is 13.2 Å². The topological polar surface area (TPSA) is 35.5 Å². The van der Waals surface area contributed by atoms with Crippen LogP contribution in [0, 0.1) is 0 Å². The van der Waals surface area contributed by atoms with Gasteiger partial charge in [0.05, 0.1) is 13.2 Å². The van der Waals surface area contributed by atoms with Gasteiger partial charge in [0.15, 0.2) is 0 Å². The number of alkyl halides is 9. The molecule has 2 unspecified atom stereocenters. The summed E-state index contributed by atoms with van der Waals surface area (Å²) >= 11 is 50.1. The van der Waals surface area contributed by atoms with Gasteiger partial charge >= 0.3 is 7.60 Å². The summed E-state index contributed by atoms with van der Waals surface area (Å²) in [5.41, 5.74) is -0.472. The van der Waals surface area contributed by atoms with Crippen molar-refractivity contribution in [2.75, 3.05) is 18.8 Å². The van der Waals surface area contributed by atoms with Crippen LogP contribution in [0.3, 0.4) is 0 Å². The van der Waals surface area contributed by atoms with Crippen LogP contribution >= 0.6 is 112 Å². The molecule has 0 bridgehead atoms. The monoisotopic (exact) mass is 486 g/mol. The molecule has 13 heteroatoms. The van der Waals surface area contributed by atoms with Crippen LogP contribution in [0.4, 0.5) is 0 Å². The minimum absolute atomic E-state index is 0.372. The Morgan fingerprint density at radius 3 is 1.35 bits per heavy atom. The van der Waals surface area contributed by atoms with Crippen molar-refractivity contribution < 1.29 is 13.6 Å². The van der Waals surface area contributed by atoms with E-state index in [9.17, 15) is 4.57 Å². The van der Waals surface area contributed by atoms with Crippen molar-refractivity contribution in [2.24, 2.45) is 0 Å². The summed E-state index contributed by atoms with van der Waals surface area (Å²) in [6.07, 6.45) is 0. The Bertz CT molecular complexity index is 313. The molecule has 0 heterocycles. The van der Waals surface area contributed by atoms with E-state index in [1.807, 2.05) is 0 Å². The lowest BCUT2D eigenvalue weighted by molar-refractivity contribution is 0.207. The summed E-state index contributed by atoms with van der Waals surface area (Å²) in [5.74, 6) is 0. The van der Waals surface area contributed by atoms with Crippen molar-refractivity contribution >= 4 is 112 Å². The second kappa shape index (κ2) is 9.30. The molecule has 122 valence electrons. The van der Waals surface area contributed by atoms with Gasteiger partial charge in [-0.25, -0.2) is 0 Å². The van der Waals surface area contributed by atoms with E-state index in [0.29, 0.717) is 0 Å². The SMILES string of the molecule is O=P(CCl)(OCC(Cl)C(Cl)(Cl)Cl)OCC(Cl)C(Cl)(Cl)Cl. The Morgan fingerprint density at radius 1 is 0.850 bits per heavy atom. The van der Waals surface area contributed by atoms with E-state index in [2.05, 4.69) is 0 Å². The lowest BCUT2D eigenvalue weighted by atomic mass is 10.5. The average Bonchev–Trinajstić information content (AvgIpc) is 2.30. The molecule has 2 atom stereocenters. The average molecular weight is 490 g/mol. The van der Waals surface area contributed by atoms with Crippen molar-refractivity contribution in [1.29, 1.82) is 0 Å². The van der Waals surface area contributed by atoms with Gasteiger partial charge in [0.1, 0.15) is 16.4 Å². The third-order valence-electron chi connectivity index (χ3n) is 1.69. The summed E-state index contributed by atoms with van der Waals surface area (Å²) in [7, 11) is -3.70. The molecule has 0 N–H and O–H groups in total. The molecule has 3 nitrogen and oxygen atoms in total. The molecule has 0 saturated heterocycles. The van der Waals surface area contributed by atoms with Gasteiger partial charge in [0.25, 0.3) is 0 Å². The summed E-state index contributed by atoms with van der Waals surface area (Å²) in [5, 5.41) is -2.12. The first kappa shape index (κ1) is 22.8. The van der Waals surface area contributed by atoms with Crippen molar-refractivity contribution in [2.45, 2.75) is 18.3 Å². The number of halogens is 9. The fourth-order valence-electron chi connectivity index (χ4n) is 0.653. The summed E-state index contributed by atoms with van der Waals surface area (Å²) < 4.78 is 18.4. The highest BCUT2D eigenvalue weighted by molar-refractivity contribution is 7.55. The molecular formula is C7H8Cl9O3P. The Morgan fingerprint density at radius 2 is 1.15 bits per heavy atom. The van der Waals surface area contributed by atoms with Crippen LogP contribution in [0.1, 0.15) is 0 Å². The van der Waals surface area contributed by atoms with E-state index in [0.717, 1.165) is 0 Å². The van der Waals surface area contributed by atoms with Gasteiger partial charge in [0.2, 0.25) is 7.59 Å². The van der Waals surface area contributed by atoms with E-state index >= 15 is 0 Å². The molecule has 0 aromatic rings. The molecular weight excluding hydrogens is 482 g/mol. The summed E-state index contributed by atoms with van der Waals surface area (Å²) in [6.45, 7) is -0.744. The molecule has 0 spiro atoms. The zero-order valence-electron chi connectivity index (χ0n) is 9.35. The lowest BCUT2D eigenvalue weighted by Crippen LogP contribution is -2.26. The standard InChI is InChI=1S/C7H8Cl9O3P/c8-3-20(17,18-1-4(9)6(11,12)13)19-2-5(10)7(14,15)16/h4-5H,1-3H2. The Balaban J connectivity index is 4.46. The zero-order chi connectivity index (χ0) is 16.2. The highest BCUT2D eigenvalue weighted by Crippen LogP contribution is 2.51. The largest absolute Gasteiger partial charge is 0.345 e. The second-order valence-electron chi connectivity index (χ2n) is 3.34. The molecule has 0 aromatic carbocycles. The Labute approximate surface area is 161 Å². The minimum Gasteiger partial charge on any atom is -0.306 e. The molecule has 0 rings (SSSR count). The molecule has 0 amide bonds. The van der Waals surface area contributed by atoms with Crippen LogP contribution in [0.5, 0.6) is 0 Å². The Kier molecular flexibility index (Phi) is 10.6. The molecule has 0 aliphatic carbocycles. The maximum atomic E-state index is 12.1. The van der Waals surface area contributed by atoms with Gasteiger partial charge in [-0.05, 0) is 0 Å². The maximum Gasteiger partial charge on any atom is 0.345 e. The van der Waals surface area contributed by atoms with Gasteiger partial charge in [-0.2, -0.15) is 0 Å². The van der Waals surface area contributed by atoms with Crippen LogP contribution in [-0.2, 0) is 13.6 Å². The molecule has 0 aromatic heterocycles. The van der Waals surface area contributed by atoms with E-state index in [1.54, 1.807) is 0 Å². The first-order valence-electron chi connectivity index (χ1n) is 4.67. The van der Waals surface area contributed by atoms with Crippen molar-refractivity contribution in [3.63, 3.8) is 0 Å². The zero-order valence-corrected chi connectivity index (χ0v) is 17.0. The van der Waals surface area contributed by atoms with Gasteiger partial charge in [-0.15, -0.1) is 34.8 Å². The maximum absolute atomic E-state index is 12.1. The summed E-state index contributed by atoms with van der Waals surface area (Å²) in [6, 6.07) is 0. The molecule has 0 fully saturated rings. The highest BCUT2D eigenvalue weighted by atomic mass is 35.6. The van der Waals surface area contributed by atoms with Crippen molar-refractivity contribution in [3.8, 4) is 0 Å². The van der Waals surface area contributed by atoms with E-state index in [1.165, 1.54) is 0 Å². The second-order valence-corrected chi connectivity index (χ2v) is 11.8. The van der Waals surface area contributed by atoms with Crippen LogP contribution in [0.15, 0.2) is 0 Å². The normalized spacial score (nSPS) is 19.4. The van der Waals surface area contributed by atoms with Crippen molar-refractivity contribution in [3.05, 3.63) is 0 Å². The smallest absolute Gasteiger partial charge is 0.306 e. The molecule has 20 heavy (non-hydrogen) atoms. The number of rotatable bonds is 7. The fraction of sp³-hybridized carbons (Fsp3) is 1.00. The first-order chi connectivity index (χ1) is 8.82. The van der Waals surface area contributed by atoms with Crippen LogP contribution < -0.4 is 0 Å². The van der Waals surface area contributed by atoms with Gasteiger partial charge < -0.3 is 9.05 Å². The third-order valence-corrected chi connectivity index (χ3v) is 7.11. The highest BCUT2D eigenvalue weighted by Gasteiger charge is 2.37. The van der Waals surface area contributed by atoms with Gasteiger partial charge in [-0.1, -0.05) is 69.6 Å². The van der Waals surface area contributed by atoms with Gasteiger partial charge in [-0.3, -0.25) is 4.57 Å². The van der Waals surface area contributed by atoms with E-state index in [4.69, 9.17) is 113 Å². The summed E-state index contributed by atoms with van der Waals surface area (Å²) in [4.78, 5) is 0. The van der Waals surface area contributed by atoms with Gasteiger partial charge in [0, 0.05) is 0 Å². The predicted octanol–water partition coefficient (Wildman–Crippen LogP) is 6.36. The third kappa shape index (κ3) is 9.15. The van der Waals surface area contributed by atoms with Crippen LogP contribution in [-0.4, -0.2) is 37.2 Å². The molecule has 0 radical (unpaired) electrons. The van der Waals surface area contributed by atoms with Crippen molar-refractivity contribution in [1.82, 2.24) is 0 Å². The molecule has 0 aliphatic rings. The number of hydrogen-bond donors (Lipinski definition) is 0. The lowest BCUT2D eigenvalue weighted by Gasteiger charge is -2.23. The molecule has 0 aliphatic heterocycles. The quantitative estimate of drug-likeness (QED) is 0.308. The van der Waals surface area contributed by atoms with Crippen LogP contribution in [0.25, 0.3) is 0 Å².